The Morgan fingerprint density at radius 3 is 2.75 bits per heavy atom. The van der Waals surface area contributed by atoms with Gasteiger partial charge in [0.15, 0.2) is 0 Å². The molecule has 3 heterocycles. The summed E-state index contributed by atoms with van der Waals surface area (Å²) in [5.74, 6) is 0.0868. The first kappa shape index (κ1) is 14.0. The van der Waals surface area contributed by atoms with E-state index in [1.165, 1.54) is 12.8 Å². The molecular formula is C15H23N3OS. The van der Waals surface area contributed by atoms with E-state index in [-0.39, 0.29) is 11.8 Å². The summed E-state index contributed by atoms with van der Waals surface area (Å²) < 4.78 is 0. The molecule has 2 bridgehead atoms. The van der Waals surface area contributed by atoms with Gasteiger partial charge < -0.3 is 10.2 Å². The fraction of sp³-hybridized carbons (Fsp3) is 0.733. The molecule has 2 fully saturated rings. The van der Waals surface area contributed by atoms with Crippen molar-refractivity contribution in [3.63, 3.8) is 0 Å². The molecule has 110 valence electrons. The van der Waals surface area contributed by atoms with Gasteiger partial charge in [-0.3, -0.25) is 4.79 Å². The van der Waals surface area contributed by atoms with Crippen molar-refractivity contribution in [1.82, 2.24) is 15.2 Å². The molecular weight excluding hydrogens is 270 g/mol. The van der Waals surface area contributed by atoms with Gasteiger partial charge in [-0.2, -0.15) is 0 Å². The number of piperidine rings is 1. The van der Waals surface area contributed by atoms with Crippen LogP contribution >= 0.6 is 11.3 Å². The second kappa shape index (κ2) is 5.82. The first-order valence-electron chi connectivity index (χ1n) is 7.60. The van der Waals surface area contributed by atoms with Gasteiger partial charge in [0.05, 0.1) is 5.92 Å². The van der Waals surface area contributed by atoms with Gasteiger partial charge in [-0.05, 0) is 39.2 Å². The zero-order valence-electron chi connectivity index (χ0n) is 12.2. The standard InChI is InChI=1S/C15H23N3OS/c1-3-13(15-16-6-7-20-15)14(19)17-10-8-11-4-5-12(9-10)18(11)2/h6-7,10-13H,3-5,8-9H2,1-2H3,(H,17,19). The minimum atomic E-state index is -0.0766. The van der Waals surface area contributed by atoms with E-state index in [0.29, 0.717) is 18.1 Å². The van der Waals surface area contributed by atoms with Crippen LogP contribution in [0.25, 0.3) is 0 Å². The van der Waals surface area contributed by atoms with Gasteiger partial charge in [-0.1, -0.05) is 6.92 Å². The molecule has 3 rings (SSSR count). The van der Waals surface area contributed by atoms with Crippen LogP contribution in [0.4, 0.5) is 0 Å². The maximum atomic E-state index is 12.5. The summed E-state index contributed by atoms with van der Waals surface area (Å²) >= 11 is 1.58. The van der Waals surface area contributed by atoms with E-state index in [9.17, 15) is 4.79 Å². The highest BCUT2D eigenvalue weighted by Crippen LogP contribution is 2.34. The van der Waals surface area contributed by atoms with E-state index in [1.807, 2.05) is 5.38 Å². The Morgan fingerprint density at radius 2 is 2.20 bits per heavy atom. The Kier molecular flexibility index (Phi) is 4.08. The van der Waals surface area contributed by atoms with E-state index in [1.54, 1.807) is 17.5 Å². The van der Waals surface area contributed by atoms with Crippen LogP contribution in [-0.4, -0.2) is 41.0 Å². The monoisotopic (exact) mass is 293 g/mol. The first-order chi connectivity index (χ1) is 9.69. The molecule has 3 unspecified atom stereocenters. The summed E-state index contributed by atoms with van der Waals surface area (Å²) in [7, 11) is 2.23. The summed E-state index contributed by atoms with van der Waals surface area (Å²) in [5.41, 5.74) is 0. The largest absolute Gasteiger partial charge is 0.353 e. The number of aromatic nitrogens is 1. The van der Waals surface area contributed by atoms with E-state index in [0.717, 1.165) is 24.3 Å². The molecule has 4 nitrogen and oxygen atoms in total. The van der Waals surface area contributed by atoms with Crippen molar-refractivity contribution in [2.45, 2.75) is 63.1 Å². The van der Waals surface area contributed by atoms with Crippen LogP contribution in [0.1, 0.15) is 50.0 Å². The Morgan fingerprint density at radius 1 is 1.50 bits per heavy atom. The topological polar surface area (TPSA) is 45.2 Å². The van der Waals surface area contributed by atoms with Crippen molar-refractivity contribution in [3.8, 4) is 0 Å². The molecule has 0 aliphatic carbocycles. The smallest absolute Gasteiger partial charge is 0.230 e. The molecule has 1 aromatic heterocycles. The third-order valence-corrected chi connectivity index (χ3v) is 5.81. The summed E-state index contributed by atoms with van der Waals surface area (Å²) in [6, 6.07) is 1.68. The minimum absolute atomic E-state index is 0.0766. The molecule has 0 aromatic carbocycles. The van der Waals surface area contributed by atoms with E-state index < -0.39 is 0 Å². The Bertz CT molecular complexity index is 448. The predicted molar refractivity (Wildman–Crippen MR) is 80.9 cm³/mol. The van der Waals surface area contributed by atoms with Gasteiger partial charge in [-0.15, -0.1) is 11.3 Å². The number of nitrogens with zero attached hydrogens (tertiary/aromatic N) is 2. The Labute approximate surface area is 124 Å². The van der Waals surface area contributed by atoms with Gasteiger partial charge >= 0.3 is 0 Å². The van der Waals surface area contributed by atoms with E-state index >= 15 is 0 Å². The lowest BCUT2D eigenvalue weighted by atomic mass is 9.96. The molecule has 2 aliphatic rings. The fourth-order valence-electron chi connectivity index (χ4n) is 3.71. The molecule has 1 amide bonds. The Balaban J connectivity index is 1.62. The zero-order chi connectivity index (χ0) is 14.1. The second-order valence-corrected chi connectivity index (χ2v) is 6.98. The van der Waals surface area contributed by atoms with Crippen LogP contribution in [0.3, 0.4) is 0 Å². The molecule has 3 atom stereocenters. The van der Waals surface area contributed by atoms with Gasteiger partial charge in [0, 0.05) is 29.7 Å². The molecule has 1 aromatic rings. The van der Waals surface area contributed by atoms with Crippen molar-refractivity contribution in [2.75, 3.05) is 7.05 Å². The highest BCUT2D eigenvalue weighted by atomic mass is 32.1. The van der Waals surface area contributed by atoms with Crippen LogP contribution < -0.4 is 5.32 Å². The van der Waals surface area contributed by atoms with Crippen molar-refractivity contribution in [3.05, 3.63) is 16.6 Å². The van der Waals surface area contributed by atoms with Gasteiger partial charge in [0.25, 0.3) is 0 Å². The molecule has 1 N–H and O–H groups in total. The number of nitrogens with one attached hydrogen (secondary N) is 1. The summed E-state index contributed by atoms with van der Waals surface area (Å²) in [6.45, 7) is 2.06. The summed E-state index contributed by atoms with van der Waals surface area (Å²) in [6.07, 6.45) is 7.39. The predicted octanol–water partition coefficient (Wildman–Crippen LogP) is 2.38. The van der Waals surface area contributed by atoms with Gasteiger partial charge in [0.1, 0.15) is 5.01 Å². The lowest BCUT2D eigenvalue weighted by molar-refractivity contribution is -0.123. The number of carbonyl (C=O) groups is 1. The van der Waals surface area contributed by atoms with Crippen molar-refractivity contribution in [2.24, 2.45) is 0 Å². The summed E-state index contributed by atoms with van der Waals surface area (Å²) in [5, 5.41) is 6.17. The number of fused-ring (bicyclic) bond motifs is 2. The molecule has 0 spiro atoms. The average molecular weight is 293 g/mol. The third kappa shape index (κ3) is 2.61. The number of carbonyl (C=O) groups excluding carboxylic acids is 1. The van der Waals surface area contributed by atoms with Crippen LogP contribution in [0.5, 0.6) is 0 Å². The highest BCUT2D eigenvalue weighted by Gasteiger charge is 2.39. The van der Waals surface area contributed by atoms with Crippen LogP contribution in [0.2, 0.25) is 0 Å². The third-order valence-electron chi connectivity index (χ3n) is 4.92. The van der Waals surface area contributed by atoms with Crippen molar-refractivity contribution in [1.29, 1.82) is 0 Å². The lowest BCUT2D eigenvalue weighted by Gasteiger charge is -2.37. The number of rotatable bonds is 4. The van der Waals surface area contributed by atoms with Crippen LogP contribution in [0.15, 0.2) is 11.6 Å². The molecule has 20 heavy (non-hydrogen) atoms. The normalized spacial score (nSPS) is 31.2. The Hall–Kier alpha value is -0.940. The maximum Gasteiger partial charge on any atom is 0.230 e. The van der Waals surface area contributed by atoms with Crippen LogP contribution in [0, 0.1) is 0 Å². The number of amides is 1. The minimum Gasteiger partial charge on any atom is -0.353 e. The number of hydrogen-bond acceptors (Lipinski definition) is 4. The van der Waals surface area contributed by atoms with E-state index in [4.69, 9.17) is 0 Å². The number of thiazole rings is 1. The maximum absolute atomic E-state index is 12.5. The molecule has 2 saturated heterocycles. The quantitative estimate of drug-likeness (QED) is 0.927. The van der Waals surface area contributed by atoms with Crippen LogP contribution in [-0.2, 0) is 4.79 Å². The highest BCUT2D eigenvalue weighted by molar-refractivity contribution is 7.09. The summed E-state index contributed by atoms with van der Waals surface area (Å²) in [4.78, 5) is 19.3. The molecule has 0 saturated carbocycles. The average Bonchev–Trinajstić information content (AvgIpc) is 2.99. The molecule has 0 radical (unpaired) electrons. The molecule has 5 heteroatoms. The van der Waals surface area contributed by atoms with Crippen molar-refractivity contribution < 1.29 is 4.79 Å². The SMILES string of the molecule is CCC(C(=O)NC1CC2CCC(C1)N2C)c1nccs1. The van der Waals surface area contributed by atoms with E-state index in [2.05, 4.69) is 29.2 Å². The fourth-order valence-corrected chi connectivity index (χ4v) is 4.53. The lowest BCUT2D eigenvalue weighted by Crippen LogP contribution is -2.49. The van der Waals surface area contributed by atoms with Gasteiger partial charge in [0.2, 0.25) is 5.91 Å². The second-order valence-electron chi connectivity index (χ2n) is 6.06. The van der Waals surface area contributed by atoms with Crippen molar-refractivity contribution >= 4 is 17.2 Å². The number of hydrogen-bond donors (Lipinski definition) is 1. The first-order valence-corrected chi connectivity index (χ1v) is 8.48. The van der Waals surface area contributed by atoms with Gasteiger partial charge in [-0.25, -0.2) is 4.98 Å². The zero-order valence-corrected chi connectivity index (χ0v) is 13.0. The molecule has 2 aliphatic heterocycles.